The number of ether oxygens (including phenoxy) is 2. The maximum atomic E-state index is 5.90. The SMILES string of the molecule is COc1ccc2[nH]cc(OCCNC3CCCCC3)c2c1.Cl. The van der Waals surface area contributed by atoms with Gasteiger partial charge in [-0.1, -0.05) is 19.3 Å². The van der Waals surface area contributed by atoms with E-state index in [-0.39, 0.29) is 12.4 Å². The van der Waals surface area contributed by atoms with Crippen LogP contribution in [0.2, 0.25) is 0 Å². The molecule has 3 rings (SSSR count). The molecular formula is C17H25ClN2O2. The lowest BCUT2D eigenvalue weighted by Crippen LogP contribution is -2.34. The number of hydrogen-bond donors (Lipinski definition) is 2. The quantitative estimate of drug-likeness (QED) is 0.792. The number of halogens is 1. The Hall–Kier alpha value is -1.39. The Balaban J connectivity index is 0.00000176. The molecule has 0 atom stereocenters. The zero-order valence-electron chi connectivity index (χ0n) is 13.1. The number of aromatic nitrogens is 1. The van der Waals surface area contributed by atoms with Crippen molar-refractivity contribution in [2.75, 3.05) is 20.3 Å². The van der Waals surface area contributed by atoms with E-state index in [2.05, 4.69) is 10.3 Å². The van der Waals surface area contributed by atoms with Crippen LogP contribution in [-0.4, -0.2) is 31.3 Å². The van der Waals surface area contributed by atoms with Crippen LogP contribution in [-0.2, 0) is 0 Å². The lowest BCUT2D eigenvalue weighted by atomic mass is 9.96. The first-order chi connectivity index (χ1) is 10.4. The van der Waals surface area contributed by atoms with Crippen molar-refractivity contribution in [1.82, 2.24) is 10.3 Å². The molecule has 0 aliphatic heterocycles. The summed E-state index contributed by atoms with van der Waals surface area (Å²) in [5.74, 6) is 1.75. The number of aromatic amines is 1. The number of fused-ring (bicyclic) bond motifs is 1. The molecule has 4 nitrogen and oxygen atoms in total. The van der Waals surface area contributed by atoms with Crippen molar-refractivity contribution in [2.45, 2.75) is 38.1 Å². The molecule has 1 aliphatic rings. The van der Waals surface area contributed by atoms with E-state index in [0.29, 0.717) is 12.6 Å². The lowest BCUT2D eigenvalue weighted by Gasteiger charge is -2.22. The van der Waals surface area contributed by atoms with Crippen LogP contribution in [0.3, 0.4) is 0 Å². The predicted octanol–water partition coefficient (Wildman–Crippen LogP) is 3.90. The molecule has 1 aromatic carbocycles. The summed E-state index contributed by atoms with van der Waals surface area (Å²) < 4.78 is 11.2. The van der Waals surface area contributed by atoms with Crippen molar-refractivity contribution >= 4 is 23.3 Å². The fraction of sp³-hybridized carbons (Fsp3) is 0.529. The molecule has 0 amide bonds. The number of hydrogen-bond acceptors (Lipinski definition) is 3. The van der Waals surface area contributed by atoms with E-state index in [1.165, 1.54) is 32.1 Å². The number of H-pyrrole nitrogens is 1. The molecule has 1 aromatic heterocycles. The van der Waals surface area contributed by atoms with Gasteiger partial charge in [-0.2, -0.15) is 0 Å². The van der Waals surface area contributed by atoms with Crippen molar-refractivity contribution in [3.8, 4) is 11.5 Å². The van der Waals surface area contributed by atoms with Gasteiger partial charge in [-0.15, -0.1) is 12.4 Å². The third-order valence-corrected chi connectivity index (χ3v) is 4.25. The Morgan fingerprint density at radius 3 is 2.82 bits per heavy atom. The summed E-state index contributed by atoms with van der Waals surface area (Å²) in [4.78, 5) is 3.23. The molecule has 1 saturated carbocycles. The molecular weight excluding hydrogens is 300 g/mol. The molecule has 1 aliphatic carbocycles. The Morgan fingerprint density at radius 2 is 2.05 bits per heavy atom. The van der Waals surface area contributed by atoms with Gasteiger partial charge < -0.3 is 19.8 Å². The molecule has 0 spiro atoms. The Bertz CT molecular complexity index is 579. The fourth-order valence-electron chi connectivity index (χ4n) is 3.05. The Morgan fingerprint density at radius 1 is 1.23 bits per heavy atom. The molecule has 5 heteroatoms. The second-order valence-corrected chi connectivity index (χ2v) is 5.70. The first-order valence-corrected chi connectivity index (χ1v) is 7.88. The Labute approximate surface area is 138 Å². The van der Waals surface area contributed by atoms with E-state index < -0.39 is 0 Å². The van der Waals surface area contributed by atoms with Crippen molar-refractivity contribution in [3.05, 3.63) is 24.4 Å². The summed E-state index contributed by atoms with van der Waals surface area (Å²) in [6.07, 6.45) is 8.66. The van der Waals surface area contributed by atoms with Crippen LogP contribution < -0.4 is 14.8 Å². The van der Waals surface area contributed by atoms with Crippen LogP contribution in [0.4, 0.5) is 0 Å². The minimum absolute atomic E-state index is 0. The van der Waals surface area contributed by atoms with Crippen LogP contribution >= 0.6 is 12.4 Å². The Kier molecular flexibility index (Phi) is 6.40. The monoisotopic (exact) mass is 324 g/mol. The number of rotatable bonds is 6. The lowest BCUT2D eigenvalue weighted by molar-refractivity contribution is 0.291. The second-order valence-electron chi connectivity index (χ2n) is 5.70. The minimum Gasteiger partial charge on any atom is -0.497 e. The third kappa shape index (κ3) is 4.08. The van der Waals surface area contributed by atoms with E-state index in [1.807, 2.05) is 24.4 Å². The molecule has 1 heterocycles. The highest BCUT2D eigenvalue weighted by Gasteiger charge is 2.12. The minimum atomic E-state index is 0. The van der Waals surface area contributed by atoms with Gasteiger partial charge >= 0.3 is 0 Å². The first kappa shape index (κ1) is 17.0. The van der Waals surface area contributed by atoms with Gasteiger partial charge in [0.15, 0.2) is 0 Å². The first-order valence-electron chi connectivity index (χ1n) is 7.88. The maximum Gasteiger partial charge on any atom is 0.144 e. The predicted molar refractivity (Wildman–Crippen MR) is 92.5 cm³/mol. The highest BCUT2D eigenvalue weighted by molar-refractivity contribution is 5.87. The molecule has 2 aromatic rings. The maximum absolute atomic E-state index is 5.90. The van der Waals surface area contributed by atoms with E-state index in [9.17, 15) is 0 Å². The summed E-state index contributed by atoms with van der Waals surface area (Å²) in [6.45, 7) is 1.60. The van der Waals surface area contributed by atoms with E-state index in [1.54, 1.807) is 7.11 Å². The van der Waals surface area contributed by atoms with E-state index >= 15 is 0 Å². The summed E-state index contributed by atoms with van der Waals surface area (Å²) >= 11 is 0. The van der Waals surface area contributed by atoms with Crippen LogP contribution in [0, 0.1) is 0 Å². The molecule has 0 radical (unpaired) electrons. The third-order valence-electron chi connectivity index (χ3n) is 4.25. The largest absolute Gasteiger partial charge is 0.497 e. The van der Waals surface area contributed by atoms with Crippen LogP contribution in [0.15, 0.2) is 24.4 Å². The van der Waals surface area contributed by atoms with Crippen LogP contribution in [0.25, 0.3) is 10.9 Å². The van der Waals surface area contributed by atoms with Crippen molar-refractivity contribution in [3.63, 3.8) is 0 Å². The van der Waals surface area contributed by atoms with Crippen LogP contribution in [0.5, 0.6) is 11.5 Å². The number of benzene rings is 1. The summed E-state index contributed by atoms with van der Waals surface area (Å²) in [5.41, 5.74) is 1.08. The summed E-state index contributed by atoms with van der Waals surface area (Å²) in [7, 11) is 1.68. The zero-order chi connectivity index (χ0) is 14.5. The summed E-state index contributed by atoms with van der Waals surface area (Å²) in [5, 5.41) is 4.67. The highest BCUT2D eigenvalue weighted by atomic mass is 35.5. The topological polar surface area (TPSA) is 46.3 Å². The van der Waals surface area contributed by atoms with Crippen LogP contribution in [0.1, 0.15) is 32.1 Å². The molecule has 1 fully saturated rings. The number of methoxy groups -OCH3 is 1. The van der Waals surface area contributed by atoms with Gasteiger partial charge in [0.2, 0.25) is 0 Å². The normalized spacial score (nSPS) is 15.5. The van der Waals surface area contributed by atoms with Gasteiger partial charge in [-0.3, -0.25) is 0 Å². The standard InChI is InChI=1S/C17H24N2O2.ClH/c1-20-14-7-8-16-15(11-14)17(12-19-16)21-10-9-18-13-5-3-2-4-6-13;/h7-8,11-13,18-19H,2-6,9-10H2,1H3;1H. The summed E-state index contributed by atoms with van der Waals surface area (Å²) in [6, 6.07) is 6.66. The van der Waals surface area contributed by atoms with E-state index in [4.69, 9.17) is 9.47 Å². The average Bonchev–Trinajstić information content (AvgIpc) is 2.95. The second kappa shape index (κ2) is 8.30. The van der Waals surface area contributed by atoms with Gasteiger partial charge in [0.25, 0.3) is 0 Å². The van der Waals surface area contributed by atoms with Gasteiger partial charge in [0.1, 0.15) is 18.1 Å². The van der Waals surface area contributed by atoms with Crippen molar-refractivity contribution in [2.24, 2.45) is 0 Å². The van der Waals surface area contributed by atoms with Gasteiger partial charge in [0, 0.05) is 29.7 Å². The van der Waals surface area contributed by atoms with Crippen molar-refractivity contribution in [1.29, 1.82) is 0 Å². The van der Waals surface area contributed by atoms with Gasteiger partial charge in [0.05, 0.1) is 7.11 Å². The fourth-order valence-corrected chi connectivity index (χ4v) is 3.05. The van der Waals surface area contributed by atoms with Crippen molar-refractivity contribution < 1.29 is 9.47 Å². The highest BCUT2D eigenvalue weighted by Crippen LogP contribution is 2.28. The number of nitrogens with one attached hydrogen (secondary N) is 2. The van der Waals surface area contributed by atoms with Gasteiger partial charge in [-0.05, 0) is 31.0 Å². The molecule has 0 saturated heterocycles. The molecule has 0 unspecified atom stereocenters. The molecule has 2 N–H and O–H groups in total. The zero-order valence-corrected chi connectivity index (χ0v) is 13.9. The molecule has 22 heavy (non-hydrogen) atoms. The van der Waals surface area contributed by atoms with Gasteiger partial charge in [-0.25, -0.2) is 0 Å². The molecule has 122 valence electrons. The average molecular weight is 325 g/mol. The van der Waals surface area contributed by atoms with E-state index in [0.717, 1.165) is 28.9 Å². The molecule has 0 bridgehead atoms. The smallest absolute Gasteiger partial charge is 0.144 e.